The van der Waals surface area contributed by atoms with E-state index in [1.165, 1.54) is 12.3 Å². The molecule has 0 saturated carbocycles. The van der Waals surface area contributed by atoms with Crippen LogP contribution in [0, 0.1) is 11.6 Å². The third-order valence-electron chi connectivity index (χ3n) is 6.20. The van der Waals surface area contributed by atoms with Crippen molar-refractivity contribution in [1.29, 1.82) is 0 Å². The lowest BCUT2D eigenvalue weighted by Gasteiger charge is -2.34. The summed E-state index contributed by atoms with van der Waals surface area (Å²) in [4.78, 5) is 45.8. The molecule has 3 rings (SSSR count). The standard InChI is InChI=1S/C29H30F2N6O5S/c1-3-4-12-37(18(13-25(32)41)15-33-16-38)29(35-22-9-5-6-11-24(22)43(2)42)19-14-21(31)27(36-28(19)34-17-39)26-20(30)8-7-10-23(26)40/h3,5-11,14,16-18,40H,1,4,12-13,15H2,2H3,(H2,32,41)(H,33,38)(H,34,36,39). The number of rotatable bonds is 15. The second-order valence-corrected chi connectivity index (χ2v) is 10.4. The predicted octanol–water partition coefficient (Wildman–Crippen LogP) is 2.98. The fraction of sp³-hybridized carbons (Fsp3) is 0.207. The minimum atomic E-state index is -1.51. The van der Waals surface area contributed by atoms with Gasteiger partial charge >= 0.3 is 0 Å². The number of amides is 3. The first-order chi connectivity index (χ1) is 20.6. The first kappa shape index (κ1) is 32.5. The largest absolute Gasteiger partial charge is 0.507 e. The lowest BCUT2D eigenvalue weighted by molar-refractivity contribution is -0.119. The molecular weight excluding hydrogens is 582 g/mol. The average Bonchev–Trinajstić information content (AvgIpc) is 2.96. The zero-order valence-corrected chi connectivity index (χ0v) is 23.9. The first-order valence-corrected chi connectivity index (χ1v) is 14.4. The molecule has 5 N–H and O–H groups in total. The van der Waals surface area contributed by atoms with Gasteiger partial charge in [-0.15, -0.1) is 6.58 Å². The van der Waals surface area contributed by atoms with E-state index in [0.717, 1.165) is 18.2 Å². The van der Waals surface area contributed by atoms with Gasteiger partial charge in [0.25, 0.3) is 0 Å². The number of primary amides is 1. The maximum Gasteiger partial charge on any atom is 0.219 e. The van der Waals surface area contributed by atoms with Crippen LogP contribution in [0.4, 0.5) is 20.3 Å². The summed E-state index contributed by atoms with van der Waals surface area (Å²) in [5.41, 5.74) is 4.52. The molecule has 0 saturated heterocycles. The molecule has 226 valence electrons. The second kappa shape index (κ2) is 15.3. The molecule has 1 aromatic heterocycles. The summed E-state index contributed by atoms with van der Waals surface area (Å²) in [5.74, 6) is -3.65. The predicted molar refractivity (Wildman–Crippen MR) is 159 cm³/mol. The summed E-state index contributed by atoms with van der Waals surface area (Å²) in [5, 5.41) is 15.2. The Morgan fingerprint density at radius 1 is 1.19 bits per heavy atom. The van der Waals surface area contributed by atoms with Crippen molar-refractivity contribution in [3.63, 3.8) is 0 Å². The molecule has 2 unspecified atom stereocenters. The van der Waals surface area contributed by atoms with Gasteiger partial charge in [0.05, 0.1) is 38.6 Å². The van der Waals surface area contributed by atoms with Crippen LogP contribution >= 0.6 is 0 Å². The minimum absolute atomic E-state index is 0.0428. The number of para-hydroxylation sites is 1. The number of amidine groups is 1. The second-order valence-electron chi connectivity index (χ2n) is 9.09. The number of carbonyl (C=O) groups excluding carboxylic acids is 3. The summed E-state index contributed by atoms with van der Waals surface area (Å²) < 4.78 is 43.1. The lowest BCUT2D eigenvalue weighted by atomic mass is 10.0. The Morgan fingerprint density at radius 2 is 1.93 bits per heavy atom. The molecule has 2 aromatic carbocycles. The lowest BCUT2D eigenvalue weighted by Crippen LogP contribution is -2.48. The van der Waals surface area contributed by atoms with Gasteiger partial charge in [0.1, 0.15) is 28.9 Å². The molecule has 14 heteroatoms. The summed E-state index contributed by atoms with van der Waals surface area (Å²) in [7, 11) is -1.51. The Bertz CT molecular complexity index is 1550. The number of phenols is 1. The number of nitrogens with two attached hydrogens (primary N) is 1. The number of aromatic hydroxyl groups is 1. The van der Waals surface area contributed by atoms with Gasteiger partial charge in [-0.2, -0.15) is 0 Å². The van der Waals surface area contributed by atoms with Crippen molar-refractivity contribution in [3.05, 3.63) is 78.4 Å². The van der Waals surface area contributed by atoms with E-state index in [-0.39, 0.29) is 48.8 Å². The van der Waals surface area contributed by atoms with Crippen LogP contribution in [-0.2, 0) is 25.2 Å². The molecule has 0 radical (unpaired) electrons. The number of halogens is 2. The van der Waals surface area contributed by atoms with Crippen LogP contribution in [0.15, 0.2) is 71.1 Å². The Morgan fingerprint density at radius 3 is 2.56 bits per heavy atom. The Kier molecular flexibility index (Phi) is 11.6. The minimum Gasteiger partial charge on any atom is -0.507 e. The number of pyridine rings is 1. The zero-order valence-electron chi connectivity index (χ0n) is 23.1. The normalized spacial score (nSPS) is 12.6. The SMILES string of the molecule is C=CCCN(C(=Nc1ccccc1S(C)=O)c1cc(F)c(-c2c(O)cccc2F)nc1NC=O)C(CNC=O)CC(N)=O. The molecule has 0 aliphatic carbocycles. The van der Waals surface area contributed by atoms with Gasteiger partial charge in [0, 0.05) is 25.8 Å². The molecule has 1 heterocycles. The highest BCUT2D eigenvalue weighted by molar-refractivity contribution is 7.84. The van der Waals surface area contributed by atoms with Crippen LogP contribution in [0.25, 0.3) is 11.3 Å². The van der Waals surface area contributed by atoms with Crippen molar-refractivity contribution in [1.82, 2.24) is 15.2 Å². The van der Waals surface area contributed by atoms with E-state index >= 15 is 4.39 Å². The van der Waals surface area contributed by atoms with Gasteiger partial charge in [-0.25, -0.2) is 18.8 Å². The Hall–Kier alpha value is -4.98. The van der Waals surface area contributed by atoms with Crippen LogP contribution in [0.1, 0.15) is 18.4 Å². The van der Waals surface area contributed by atoms with Crippen molar-refractivity contribution in [2.75, 3.05) is 24.7 Å². The van der Waals surface area contributed by atoms with E-state index in [1.807, 2.05) is 0 Å². The number of aliphatic imine (C=N–C) groups is 1. The fourth-order valence-electron chi connectivity index (χ4n) is 4.33. The van der Waals surface area contributed by atoms with E-state index < -0.39 is 51.4 Å². The maximum absolute atomic E-state index is 15.8. The van der Waals surface area contributed by atoms with Gasteiger partial charge in [-0.1, -0.05) is 24.3 Å². The average molecular weight is 613 g/mol. The quantitative estimate of drug-likeness (QED) is 0.0886. The number of hydrogen-bond donors (Lipinski definition) is 4. The van der Waals surface area contributed by atoms with E-state index in [2.05, 4.69) is 22.2 Å². The molecule has 0 fully saturated rings. The van der Waals surface area contributed by atoms with Crippen molar-refractivity contribution < 1.29 is 32.5 Å². The number of nitrogens with zero attached hydrogens (tertiary/aromatic N) is 3. The van der Waals surface area contributed by atoms with Gasteiger partial charge in [0.15, 0.2) is 5.82 Å². The Balaban J connectivity index is 2.42. The van der Waals surface area contributed by atoms with Gasteiger partial charge in [-0.05, 0) is 36.8 Å². The van der Waals surface area contributed by atoms with Crippen LogP contribution < -0.4 is 16.4 Å². The van der Waals surface area contributed by atoms with Crippen molar-refractivity contribution in [3.8, 4) is 17.0 Å². The summed E-state index contributed by atoms with van der Waals surface area (Å²) in [6.45, 7) is 3.77. The van der Waals surface area contributed by atoms with E-state index in [0.29, 0.717) is 17.7 Å². The summed E-state index contributed by atoms with van der Waals surface area (Å²) in [6, 6.07) is 9.96. The molecule has 43 heavy (non-hydrogen) atoms. The number of anilines is 1. The zero-order chi connectivity index (χ0) is 31.5. The monoisotopic (exact) mass is 612 g/mol. The van der Waals surface area contributed by atoms with Crippen LogP contribution in [0.3, 0.4) is 0 Å². The van der Waals surface area contributed by atoms with Crippen LogP contribution in [0.5, 0.6) is 5.75 Å². The molecular formula is C29H30F2N6O5S. The molecule has 2 atom stereocenters. The fourth-order valence-corrected chi connectivity index (χ4v) is 5.01. The molecule has 0 aliphatic heterocycles. The first-order valence-electron chi connectivity index (χ1n) is 12.9. The number of nitrogens with one attached hydrogen (secondary N) is 2. The van der Waals surface area contributed by atoms with Crippen molar-refractivity contribution >= 4 is 46.9 Å². The highest BCUT2D eigenvalue weighted by atomic mass is 32.2. The smallest absolute Gasteiger partial charge is 0.219 e. The van der Waals surface area contributed by atoms with Crippen LogP contribution in [0.2, 0.25) is 0 Å². The topological polar surface area (TPSA) is 167 Å². The van der Waals surface area contributed by atoms with E-state index in [9.17, 15) is 28.1 Å². The van der Waals surface area contributed by atoms with Gasteiger partial charge in [-0.3, -0.25) is 18.6 Å². The van der Waals surface area contributed by atoms with E-state index in [4.69, 9.17) is 10.7 Å². The molecule has 3 amide bonds. The number of carbonyl (C=O) groups is 3. The van der Waals surface area contributed by atoms with Gasteiger partial charge in [0.2, 0.25) is 18.7 Å². The van der Waals surface area contributed by atoms with Crippen molar-refractivity contribution in [2.24, 2.45) is 10.7 Å². The summed E-state index contributed by atoms with van der Waals surface area (Å²) >= 11 is 0. The number of hydrogen-bond acceptors (Lipinski definition) is 7. The molecule has 0 spiro atoms. The van der Waals surface area contributed by atoms with Gasteiger partial charge < -0.3 is 26.4 Å². The highest BCUT2D eigenvalue weighted by Crippen LogP contribution is 2.35. The summed E-state index contributed by atoms with van der Waals surface area (Å²) in [6.07, 6.45) is 3.79. The molecule has 0 bridgehead atoms. The third kappa shape index (κ3) is 8.07. The molecule has 0 aliphatic rings. The maximum atomic E-state index is 15.8. The molecule has 11 nitrogen and oxygen atoms in total. The van der Waals surface area contributed by atoms with Crippen LogP contribution in [-0.4, -0.2) is 69.1 Å². The van der Waals surface area contributed by atoms with E-state index in [1.54, 1.807) is 35.2 Å². The highest BCUT2D eigenvalue weighted by Gasteiger charge is 2.29. The number of benzene rings is 2. The third-order valence-corrected chi connectivity index (χ3v) is 7.17. The number of aromatic nitrogens is 1. The Labute approximate surface area is 249 Å². The molecule has 3 aromatic rings. The van der Waals surface area contributed by atoms with Crippen molar-refractivity contribution in [2.45, 2.75) is 23.8 Å². The number of phenolic OH excluding ortho intramolecular Hbond substituents is 1.